The van der Waals surface area contributed by atoms with Gasteiger partial charge < -0.3 is 9.73 Å². The van der Waals surface area contributed by atoms with Gasteiger partial charge >= 0.3 is 0 Å². The van der Waals surface area contributed by atoms with Gasteiger partial charge in [0.1, 0.15) is 0 Å². The Bertz CT molecular complexity index is 604. The highest BCUT2D eigenvalue weighted by Gasteiger charge is 2.15. The van der Waals surface area contributed by atoms with E-state index in [-0.39, 0.29) is 11.9 Å². The van der Waals surface area contributed by atoms with Crippen molar-refractivity contribution in [1.29, 1.82) is 0 Å². The number of nitrogens with one attached hydrogen (secondary N) is 1. The molecule has 0 radical (unpaired) electrons. The predicted molar refractivity (Wildman–Crippen MR) is 78.2 cm³/mol. The molecule has 2 aromatic rings. The highest BCUT2D eigenvalue weighted by Crippen LogP contribution is 2.20. The topological polar surface area (TPSA) is 42.2 Å². The molecule has 1 heterocycles. The molecule has 0 unspecified atom stereocenters. The average molecular weight is 322 g/mol. The van der Waals surface area contributed by atoms with Crippen LogP contribution in [0, 0.1) is 13.8 Å². The zero-order valence-corrected chi connectivity index (χ0v) is 12.7. The van der Waals surface area contributed by atoms with Crippen molar-refractivity contribution in [3.05, 3.63) is 57.5 Å². The van der Waals surface area contributed by atoms with E-state index in [1.54, 1.807) is 12.1 Å². The molecule has 3 nitrogen and oxygen atoms in total. The van der Waals surface area contributed by atoms with Crippen molar-refractivity contribution in [3.63, 3.8) is 0 Å². The number of amides is 1. The molecule has 0 aliphatic carbocycles. The Kier molecular flexibility index (Phi) is 4.10. The lowest BCUT2D eigenvalue weighted by Crippen LogP contribution is -2.26. The lowest BCUT2D eigenvalue weighted by Gasteiger charge is -2.16. The lowest BCUT2D eigenvalue weighted by atomic mass is 10.00. The molecule has 0 aliphatic heterocycles. The van der Waals surface area contributed by atoms with Gasteiger partial charge in [0.05, 0.1) is 6.04 Å². The second kappa shape index (κ2) is 5.61. The molecule has 1 aromatic carbocycles. The molecule has 19 heavy (non-hydrogen) atoms. The zero-order valence-electron chi connectivity index (χ0n) is 11.2. The molecule has 100 valence electrons. The summed E-state index contributed by atoms with van der Waals surface area (Å²) < 4.78 is 5.79. The second-order valence-electron chi connectivity index (χ2n) is 4.66. The van der Waals surface area contributed by atoms with E-state index in [1.165, 1.54) is 11.1 Å². The van der Waals surface area contributed by atoms with Crippen molar-refractivity contribution in [3.8, 4) is 0 Å². The number of furan rings is 1. The van der Waals surface area contributed by atoms with Crippen molar-refractivity contribution < 1.29 is 9.21 Å². The Morgan fingerprint density at radius 3 is 2.63 bits per heavy atom. The van der Waals surface area contributed by atoms with Gasteiger partial charge in [0.15, 0.2) is 10.4 Å². The number of halogens is 1. The number of carbonyl (C=O) groups is 1. The SMILES string of the molecule is Cc1ccc(C)c([C@H](C)NC(=O)c2ccc(Br)o2)c1. The van der Waals surface area contributed by atoms with Crippen LogP contribution in [-0.4, -0.2) is 5.91 Å². The fourth-order valence-electron chi connectivity index (χ4n) is 2.01. The van der Waals surface area contributed by atoms with E-state index in [2.05, 4.69) is 39.4 Å². The van der Waals surface area contributed by atoms with Crippen molar-refractivity contribution in [2.24, 2.45) is 0 Å². The molecule has 1 N–H and O–H groups in total. The van der Waals surface area contributed by atoms with Gasteiger partial charge in [-0.25, -0.2) is 0 Å². The van der Waals surface area contributed by atoms with Gasteiger partial charge in [-0.15, -0.1) is 0 Å². The maximum absolute atomic E-state index is 12.0. The molecule has 0 spiro atoms. The van der Waals surface area contributed by atoms with Crippen LogP contribution < -0.4 is 5.32 Å². The molecule has 4 heteroatoms. The number of carbonyl (C=O) groups excluding carboxylic acids is 1. The van der Waals surface area contributed by atoms with E-state index in [4.69, 9.17) is 4.42 Å². The summed E-state index contributed by atoms with van der Waals surface area (Å²) in [6, 6.07) is 9.52. The van der Waals surface area contributed by atoms with Crippen LogP contribution in [0.4, 0.5) is 0 Å². The fourth-order valence-corrected chi connectivity index (χ4v) is 2.31. The van der Waals surface area contributed by atoms with E-state index in [9.17, 15) is 4.79 Å². The molecule has 0 bridgehead atoms. The minimum Gasteiger partial charge on any atom is -0.444 e. The summed E-state index contributed by atoms with van der Waals surface area (Å²) in [6.07, 6.45) is 0. The lowest BCUT2D eigenvalue weighted by molar-refractivity contribution is 0.0910. The molecule has 1 atom stereocenters. The van der Waals surface area contributed by atoms with Gasteiger partial charge in [0.25, 0.3) is 5.91 Å². The summed E-state index contributed by atoms with van der Waals surface area (Å²) >= 11 is 3.19. The number of aryl methyl sites for hydroxylation is 2. The summed E-state index contributed by atoms with van der Waals surface area (Å²) in [5.41, 5.74) is 3.47. The second-order valence-corrected chi connectivity index (χ2v) is 5.44. The number of benzene rings is 1. The van der Waals surface area contributed by atoms with Gasteiger partial charge in [0, 0.05) is 0 Å². The normalized spacial score (nSPS) is 12.2. The minimum atomic E-state index is -0.209. The fraction of sp³-hybridized carbons (Fsp3) is 0.267. The summed E-state index contributed by atoms with van der Waals surface area (Å²) in [6.45, 7) is 6.06. The maximum Gasteiger partial charge on any atom is 0.287 e. The molecule has 0 saturated heterocycles. The largest absolute Gasteiger partial charge is 0.444 e. The first-order chi connectivity index (χ1) is 8.97. The Hall–Kier alpha value is -1.55. The molecule has 0 saturated carbocycles. The molecule has 1 amide bonds. The summed E-state index contributed by atoms with van der Waals surface area (Å²) in [5.74, 6) is 0.100. The summed E-state index contributed by atoms with van der Waals surface area (Å²) in [7, 11) is 0. The van der Waals surface area contributed by atoms with E-state index in [1.807, 2.05) is 20.8 Å². The molecular weight excluding hydrogens is 306 g/mol. The Labute approximate surface area is 121 Å². The highest BCUT2D eigenvalue weighted by molar-refractivity contribution is 9.10. The average Bonchev–Trinajstić information content (AvgIpc) is 2.79. The van der Waals surface area contributed by atoms with Crippen LogP contribution in [0.1, 0.15) is 40.2 Å². The first kappa shape index (κ1) is 13.9. The zero-order chi connectivity index (χ0) is 14.0. The minimum absolute atomic E-state index is 0.0590. The van der Waals surface area contributed by atoms with Crippen molar-refractivity contribution >= 4 is 21.8 Å². The van der Waals surface area contributed by atoms with Crippen molar-refractivity contribution in [2.75, 3.05) is 0 Å². The van der Waals surface area contributed by atoms with Crippen LogP contribution in [0.5, 0.6) is 0 Å². The van der Waals surface area contributed by atoms with E-state index < -0.39 is 0 Å². The first-order valence-corrected chi connectivity index (χ1v) is 6.90. The molecule has 1 aromatic heterocycles. The Morgan fingerprint density at radius 2 is 2.00 bits per heavy atom. The summed E-state index contributed by atoms with van der Waals surface area (Å²) in [4.78, 5) is 12.0. The third kappa shape index (κ3) is 3.26. The van der Waals surface area contributed by atoms with Gasteiger partial charge in [-0.05, 0) is 60.0 Å². The van der Waals surface area contributed by atoms with Gasteiger partial charge in [-0.3, -0.25) is 4.79 Å². The van der Waals surface area contributed by atoms with Crippen LogP contribution in [0.3, 0.4) is 0 Å². The van der Waals surface area contributed by atoms with Crippen LogP contribution in [0.2, 0.25) is 0 Å². The molecule has 2 rings (SSSR count). The third-order valence-corrected chi connectivity index (χ3v) is 3.47. The monoisotopic (exact) mass is 321 g/mol. The van der Waals surface area contributed by atoms with E-state index >= 15 is 0 Å². The maximum atomic E-state index is 12.0. The van der Waals surface area contributed by atoms with E-state index in [0.29, 0.717) is 10.4 Å². The summed E-state index contributed by atoms with van der Waals surface area (Å²) in [5, 5.41) is 2.94. The third-order valence-electron chi connectivity index (χ3n) is 3.05. The number of hydrogen-bond donors (Lipinski definition) is 1. The molecular formula is C15H16BrNO2. The Morgan fingerprint density at radius 1 is 1.26 bits per heavy atom. The first-order valence-electron chi connectivity index (χ1n) is 6.10. The van der Waals surface area contributed by atoms with Gasteiger partial charge in [-0.2, -0.15) is 0 Å². The number of rotatable bonds is 3. The van der Waals surface area contributed by atoms with Crippen LogP contribution in [0.25, 0.3) is 0 Å². The smallest absolute Gasteiger partial charge is 0.287 e. The van der Waals surface area contributed by atoms with Gasteiger partial charge in [-0.1, -0.05) is 23.8 Å². The quantitative estimate of drug-likeness (QED) is 0.922. The van der Waals surface area contributed by atoms with E-state index in [0.717, 1.165) is 5.56 Å². The molecule has 0 aliphatic rings. The van der Waals surface area contributed by atoms with Crippen LogP contribution in [0.15, 0.2) is 39.4 Å². The standard InChI is InChI=1S/C15H16BrNO2/c1-9-4-5-10(2)12(8-9)11(3)17-15(18)13-6-7-14(16)19-13/h4-8,11H,1-3H3,(H,17,18)/t11-/m0/s1. The van der Waals surface area contributed by atoms with Crippen molar-refractivity contribution in [2.45, 2.75) is 26.8 Å². The molecule has 0 fully saturated rings. The van der Waals surface area contributed by atoms with Crippen LogP contribution >= 0.6 is 15.9 Å². The highest BCUT2D eigenvalue weighted by atomic mass is 79.9. The van der Waals surface area contributed by atoms with Crippen molar-refractivity contribution in [1.82, 2.24) is 5.32 Å². The Balaban J connectivity index is 2.14. The van der Waals surface area contributed by atoms with Gasteiger partial charge in [0.2, 0.25) is 0 Å². The predicted octanol–water partition coefficient (Wildman–Crippen LogP) is 4.15. The van der Waals surface area contributed by atoms with Crippen LogP contribution in [-0.2, 0) is 0 Å². The number of hydrogen-bond acceptors (Lipinski definition) is 2.